The van der Waals surface area contributed by atoms with Gasteiger partial charge in [-0.2, -0.15) is 0 Å². The first-order valence-electron chi connectivity index (χ1n) is 12.8. The molecule has 3 aromatic rings. The summed E-state index contributed by atoms with van der Waals surface area (Å²) in [5.41, 5.74) is 1.76. The fourth-order valence-corrected chi connectivity index (χ4v) is 6.32. The smallest absolute Gasteiger partial charge is 0.249 e. The number of aromatic nitrogens is 1. The Kier molecular flexibility index (Phi) is 9.98. The van der Waals surface area contributed by atoms with Gasteiger partial charge in [0.05, 0.1) is 28.0 Å². The summed E-state index contributed by atoms with van der Waals surface area (Å²) in [6.07, 6.45) is 1.83. The standard InChI is InChI=1S/C28H31ClF3N3O3S/c1-38-18-6-7-24-19(16-18)25(20(29)17-33-24)21(30)8-9-28(27(36)34-37)10-13-35(14-11-28)12-3-15-39-26-22(31)4-2-5-23(26)32/h2,4-7,16-17,21,37H,3,8-15H2,1H3,(H,34,36). The van der Waals surface area contributed by atoms with Gasteiger partial charge >= 0.3 is 0 Å². The Labute approximate surface area is 234 Å². The molecule has 1 fully saturated rings. The summed E-state index contributed by atoms with van der Waals surface area (Å²) in [6, 6.07) is 9.00. The van der Waals surface area contributed by atoms with Crippen LogP contribution in [-0.2, 0) is 4.79 Å². The highest BCUT2D eigenvalue weighted by atomic mass is 35.5. The van der Waals surface area contributed by atoms with E-state index in [1.807, 2.05) is 0 Å². The molecule has 1 amide bonds. The summed E-state index contributed by atoms with van der Waals surface area (Å²) in [5.74, 6) is -0.549. The van der Waals surface area contributed by atoms with Gasteiger partial charge in [0.1, 0.15) is 23.6 Å². The van der Waals surface area contributed by atoms with E-state index in [2.05, 4.69) is 9.88 Å². The lowest BCUT2D eigenvalue weighted by Gasteiger charge is -2.40. The van der Waals surface area contributed by atoms with Gasteiger partial charge in [-0.3, -0.25) is 15.0 Å². The van der Waals surface area contributed by atoms with Crippen molar-refractivity contribution in [3.63, 3.8) is 0 Å². The lowest BCUT2D eigenvalue weighted by molar-refractivity contribution is -0.143. The van der Waals surface area contributed by atoms with Gasteiger partial charge in [0, 0.05) is 17.1 Å². The normalized spacial score (nSPS) is 16.3. The Morgan fingerprint density at radius 3 is 2.64 bits per heavy atom. The van der Waals surface area contributed by atoms with Crippen LogP contribution in [0.3, 0.4) is 0 Å². The van der Waals surface area contributed by atoms with Crippen molar-refractivity contribution in [1.29, 1.82) is 0 Å². The first-order valence-corrected chi connectivity index (χ1v) is 14.1. The zero-order valence-electron chi connectivity index (χ0n) is 21.6. The highest BCUT2D eigenvalue weighted by molar-refractivity contribution is 7.99. The maximum Gasteiger partial charge on any atom is 0.249 e. The average Bonchev–Trinajstić information content (AvgIpc) is 2.95. The van der Waals surface area contributed by atoms with Crippen molar-refractivity contribution >= 4 is 40.2 Å². The molecule has 210 valence electrons. The van der Waals surface area contributed by atoms with E-state index in [-0.39, 0.29) is 22.8 Å². The largest absolute Gasteiger partial charge is 0.497 e. The molecule has 1 aliphatic rings. The summed E-state index contributed by atoms with van der Waals surface area (Å²) in [6.45, 7) is 1.87. The number of carbonyl (C=O) groups excluding carboxylic acids is 1. The summed E-state index contributed by atoms with van der Waals surface area (Å²) in [7, 11) is 1.52. The fourth-order valence-electron chi connectivity index (χ4n) is 5.16. The molecule has 0 bridgehead atoms. The number of methoxy groups -OCH3 is 1. The minimum Gasteiger partial charge on any atom is -0.497 e. The lowest BCUT2D eigenvalue weighted by atomic mass is 9.73. The minimum atomic E-state index is -1.45. The molecule has 0 radical (unpaired) electrons. The van der Waals surface area contributed by atoms with Crippen LogP contribution < -0.4 is 10.2 Å². The Bertz CT molecular complexity index is 1290. The number of pyridine rings is 1. The van der Waals surface area contributed by atoms with Crippen molar-refractivity contribution < 1.29 is 27.9 Å². The number of nitrogens with one attached hydrogen (secondary N) is 1. The van der Waals surface area contributed by atoms with Crippen molar-refractivity contribution in [2.75, 3.05) is 32.5 Å². The van der Waals surface area contributed by atoms with E-state index < -0.39 is 29.1 Å². The molecule has 1 saturated heterocycles. The third-order valence-corrected chi connectivity index (χ3v) is 8.91. The molecule has 6 nitrogen and oxygen atoms in total. The quantitative estimate of drug-likeness (QED) is 0.113. The predicted octanol–water partition coefficient (Wildman–Crippen LogP) is 6.74. The molecule has 1 aliphatic heterocycles. The molecule has 1 unspecified atom stereocenters. The van der Waals surface area contributed by atoms with E-state index in [1.165, 1.54) is 31.5 Å². The number of piperidine rings is 1. The third kappa shape index (κ3) is 6.80. The van der Waals surface area contributed by atoms with Crippen molar-refractivity contribution in [3.05, 3.63) is 64.8 Å². The minimum absolute atomic E-state index is 0.0241. The van der Waals surface area contributed by atoms with E-state index in [4.69, 9.17) is 16.3 Å². The summed E-state index contributed by atoms with van der Waals surface area (Å²) in [4.78, 5) is 19.2. The summed E-state index contributed by atoms with van der Waals surface area (Å²) < 4.78 is 48.6. The highest BCUT2D eigenvalue weighted by Gasteiger charge is 2.41. The number of hydrogen-bond acceptors (Lipinski definition) is 6. The number of thioether (sulfide) groups is 1. The van der Waals surface area contributed by atoms with Crippen LogP contribution in [0.15, 0.2) is 47.5 Å². The molecule has 2 heterocycles. The molecule has 2 N–H and O–H groups in total. The van der Waals surface area contributed by atoms with Crippen molar-refractivity contribution in [3.8, 4) is 5.75 Å². The third-order valence-electron chi connectivity index (χ3n) is 7.44. The van der Waals surface area contributed by atoms with Gasteiger partial charge in [-0.1, -0.05) is 17.7 Å². The average molecular weight is 582 g/mol. The number of ether oxygens (including phenoxy) is 1. The number of benzene rings is 2. The van der Waals surface area contributed by atoms with Crippen LogP contribution in [0.1, 0.15) is 43.8 Å². The lowest BCUT2D eigenvalue weighted by Crippen LogP contribution is -2.48. The highest BCUT2D eigenvalue weighted by Crippen LogP contribution is 2.42. The molecule has 39 heavy (non-hydrogen) atoms. The van der Waals surface area contributed by atoms with Crippen LogP contribution in [0.5, 0.6) is 5.75 Å². The summed E-state index contributed by atoms with van der Waals surface area (Å²) >= 11 is 7.51. The molecule has 0 spiro atoms. The molecule has 1 atom stereocenters. The first-order chi connectivity index (χ1) is 18.8. The number of rotatable bonds is 11. The van der Waals surface area contributed by atoms with E-state index in [0.717, 1.165) is 11.8 Å². The second-order valence-electron chi connectivity index (χ2n) is 9.72. The molecule has 11 heteroatoms. The Hall–Kier alpha value is -2.53. The second-order valence-corrected chi connectivity index (χ2v) is 11.2. The van der Waals surface area contributed by atoms with Crippen LogP contribution in [-0.4, -0.2) is 53.5 Å². The van der Waals surface area contributed by atoms with Gasteiger partial charge in [-0.25, -0.2) is 18.7 Å². The monoisotopic (exact) mass is 581 g/mol. The number of hydrogen-bond donors (Lipinski definition) is 2. The topological polar surface area (TPSA) is 74.7 Å². The van der Waals surface area contributed by atoms with Crippen LogP contribution in [0.25, 0.3) is 10.9 Å². The van der Waals surface area contributed by atoms with E-state index in [9.17, 15) is 18.8 Å². The van der Waals surface area contributed by atoms with Crippen molar-refractivity contribution in [2.45, 2.75) is 43.2 Å². The maximum absolute atomic E-state index is 15.7. The number of hydroxylamine groups is 1. The Balaban J connectivity index is 1.36. The second kappa shape index (κ2) is 13.2. The molecule has 4 rings (SSSR count). The first kappa shape index (κ1) is 29.5. The fraction of sp³-hybridized carbons (Fsp3) is 0.429. The van der Waals surface area contributed by atoms with Crippen LogP contribution in [0, 0.1) is 17.0 Å². The van der Waals surface area contributed by atoms with Gasteiger partial charge < -0.3 is 9.64 Å². The van der Waals surface area contributed by atoms with Crippen LogP contribution >= 0.6 is 23.4 Å². The zero-order valence-corrected chi connectivity index (χ0v) is 23.1. The number of amides is 1. The van der Waals surface area contributed by atoms with Gasteiger partial charge in [-0.15, -0.1) is 11.8 Å². The molecule has 0 saturated carbocycles. The van der Waals surface area contributed by atoms with Crippen LogP contribution in [0.2, 0.25) is 5.02 Å². The number of halogens is 4. The van der Waals surface area contributed by atoms with Crippen LogP contribution in [0.4, 0.5) is 13.2 Å². The number of alkyl halides is 1. The number of carbonyl (C=O) groups is 1. The van der Waals surface area contributed by atoms with Gasteiger partial charge in [-0.05, 0) is 87.8 Å². The predicted molar refractivity (Wildman–Crippen MR) is 146 cm³/mol. The van der Waals surface area contributed by atoms with Gasteiger partial charge in [0.15, 0.2) is 0 Å². The number of nitrogens with zero attached hydrogens (tertiary/aromatic N) is 2. The molecule has 2 aromatic carbocycles. The number of likely N-dealkylation sites (tertiary alicyclic amines) is 1. The maximum atomic E-state index is 15.7. The molecular formula is C28H31ClF3N3O3S. The summed E-state index contributed by atoms with van der Waals surface area (Å²) in [5, 5.41) is 10.2. The Morgan fingerprint density at radius 1 is 1.26 bits per heavy atom. The molecule has 1 aromatic heterocycles. The van der Waals surface area contributed by atoms with Gasteiger partial charge in [0.25, 0.3) is 0 Å². The molecular weight excluding hydrogens is 551 g/mol. The van der Waals surface area contributed by atoms with Gasteiger partial charge in [0.2, 0.25) is 5.91 Å². The van der Waals surface area contributed by atoms with Crippen molar-refractivity contribution in [2.24, 2.45) is 5.41 Å². The number of fused-ring (bicyclic) bond motifs is 1. The SMILES string of the molecule is COc1ccc2ncc(Cl)c(C(F)CCC3(C(=O)NO)CCN(CCCSc4c(F)cccc4F)CC3)c2c1. The van der Waals surface area contributed by atoms with E-state index in [1.54, 1.807) is 23.7 Å². The Morgan fingerprint density at radius 2 is 1.97 bits per heavy atom. The van der Waals surface area contributed by atoms with E-state index in [0.29, 0.717) is 66.9 Å². The zero-order chi connectivity index (χ0) is 28.0. The van der Waals surface area contributed by atoms with E-state index >= 15 is 4.39 Å². The molecule has 0 aliphatic carbocycles. The van der Waals surface area contributed by atoms with Crippen molar-refractivity contribution in [1.82, 2.24) is 15.4 Å².